The fraction of sp³-hybridized carbons (Fsp3) is 0.538. The third-order valence-electron chi connectivity index (χ3n) is 2.21. The number of aldehydes is 1. The zero-order valence-electron chi connectivity index (χ0n) is 12.0. The van der Waals surface area contributed by atoms with Crippen LogP contribution in [0.5, 0.6) is 0 Å². The van der Waals surface area contributed by atoms with Gasteiger partial charge in [-0.05, 0) is 33.8 Å². The lowest BCUT2D eigenvalue weighted by Gasteiger charge is -2.30. The molecule has 1 amide bonds. The van der Waals surface area contributed by atoms with Crippen molar-refractivity contribution in [3.8, 4) is 0 Å². The van der Waals surface area contributed by atoms with Gasteiger partial charge in [-0.15, -0.1) is 0 Å². The molecule has 0 saturated heterocycles. The molecule has 0 aliphatic carbocycles. The molecular formula is C13H19ClN2O4. The highest BCUT2D eigenvalue weighted by molar-refractivity contribution is 6.34. The van der Waals surface area contributed by atoms with Gasteiger partial charge in [-0.2, -0.15) is 0 Å². The van der Waals surface area contributed by atoms with E-state index in [1.165, 1.54) is 5.01 Å². The van der Waals surface area contributed by atoms with E-state index in [-0.39, 0.29) is 18.0 Å². The summed E-state index contributed by atoms with van der Waals surface area (Å²) in [6.07, 6.45) is 1.56. The van der Waals surface area contributed by atoms with Gasteiger partial charge in [0.15, 0.2) is 6.29 Å². The average molecular weight is 303 g/mol. The predicted molar refractivity (Wildman–Crippen MR) is 74.7 cm³/mol. The van der Waals surface area contributed by atoms with Crippen LogP contribution in [0.3, 0.4) is 0 Å². The normalized spacial score (nSPS) is 15.7. The Balaban J connectivity index is 2.87. The van der Waals surface area contributed by atoms with Crippen LogP contribution in [0.25, 0.3) is 0 Å². The first-order chi connectivity index (χ1) is 9.28. The molecule has 1 rings (SSSR count). The van der Waals surface area contributed by atoms with Gasteiger partial charge in [-0.3, -0.25) is 4.79 Å². The Labute approximate surface area is 123 Å². The first-order valence-electron chi connectivity index (χ1n) is 6.24. The number of amides is 1. The molecule has 6 nitrogen and oxygen atoms in total. The Bertz CT molecular complexity index is 452. The Kier molecular flexibility index (Phi) is 5.44. The first-order valence-corrected chi connectivity index (χ1v) is 6.61. The number of carbonyl (C=O) groups is 2. The molecule has 1 aliphatic heterocycles. The molecule has 0 fully saturated rings. The van der Waals surface area contributed by atoms with Gasteiger partial charge in [0.1, 0.15) is 5.60 Å². The summed E-state index contributed by atoms with van der Waals surface area (Å²) in [6.45, 7) is 7.67. The Morgan fingerprint density at radius 3 is 2.70 bits per heavy atom. The van der Waals surface area contributed by atoms with Crippen molar-refractivity contribution in [2.24, 2.45) is 0 Å². The number of ether oxygens (including phenoxy) is 2. The molecule has 0 aromatic heterocycles. The van der Waals surface area contributed by atoms with Crippen LogP contribution in [-0.2, 0) is 14.3 Å². The van der Waals surface area contributed by atoms with Gasteiger partial charge in [-0.25, -0.2) is 15.2 Å². The highest BCUT2D eigenvalue weighted by atomic mass is 35.5. The summed E-state index contributed by atoms with van der Waals surface area (Å²) in [5.74, 6) is 0.209. The van der Waals surface area contributed by atoms with E-state index in [1.54, 1.807) is 33.8 Å². The van der Waals surface area contributed by atoms with Gasteiger partial charge in [0.25, 0.3) is 0 Å². The number of halogens is 1. The van der Waals surface area contributed by atoms with Crippen LogP contribution in [0.1, 0.15) is 27.7 Å². The van der Waals surface area contributed by atoms with E-state index in [9.17, 15) is 9.59 Å². The van der Waals surface area contributed by atoms with E-state index in [2.05, 4.69) is 5.43 Å². The number of allylic oxidation sites excluding steroid dienone is 2. The maximum Gasteiger partial charge on any atom is 0.426 e. The molecule has 0 radical (unpaired) electrons. The van der Waals surface area contributed by atoms with Gasteiger partial charge in [0.05, 0.1) is 23.8 Å². The molecule has 20 heavy (non-hydrogen) atoms. The molecule has 1 aliphatic rings. The molecule has 1 heterocycles. The standard InChI is InChI=1S/C13H19ClN2O4/c1-5-19-11-9(8-17)10(14)6-7-16(11)15-12(18)20-13(2,3)4/h6,8H,5,7H2,1-4H3,(H,15,18). The van der Waals surface area contributed by atoms with Gasteiger partial charge < -0.3 is 9.47 Å². The number of nitrogens with one attached hydrogen (secondary N) is 1. The van der Waals surface area contributed by atoms with Crippen LogP contribution in [0.15, 0.2) is 22.6 Å². The lowest BCUT2D eigenvalue weighted by atomic mass is 10.2. The van der Waals surface area contributed by atoms with Crippen molar-refractivity contribution in [1.82, 2.24) is 10.4 Å². The third-order valence-corrected chi connectivity index (χ3v) is 2.57. The minimum Gasteiger partial charge on any atom is -0.478 e. The molecule has 0 unspecified atom stereocenters. The molecule has 112 valence electrons. The van der Waals surface area contributed by atoms with E-state index >= 15 is 0 Å². The summed E-state index contributed by atoms with van der Waals surface area (Å²) in [5, 5.41) is 1.68. The van der Waals surface area contributed by atoms with Gasteiger partial charge in [0, 0.05) is 0 Å². The van der Waals surface area contributed by atoms with Crippen LogP contribution in [-0.4, -0.2) is 36.1 Å². The zero-order valence-corrected chi connectivity index (χ0v) is 12.8. The number of hydrazine groups is 1. The highest BCUT2D eigenvalue weighted by Crippen LogP contribution is 2.24. The van der Waals surface area contributed by atoms with Crippen molar-refractivity contribution >= 4 is 24.0 Å². The van der Waals surface area contributed by atoms with Crippen LogP contribution in [0, 0.1) is 0 Å². The molecule has 0 saturated carbocycles. The summed E-state index contributed by atoms with van der Waals surface area (Å²) >= 11 is 5.94. The molecule has 0 atom stereocenters. The summed E-state index contributed by atoms with van der Waals surface area (Å²) < 4.78 is 10.5. The highest BCUT2D eigenvalue weighted by Gasteiger charge is 2.25. The number of hydrogen-bond donors (Lipinski definition) is 1. The Morgan fingerprint density at radius 1 is 1.55 bits per heavy atom. The van der Waals surface area contributed by atoms with E-state index in [0.717, 1.165) is 0 Å². The largest absolute Gasteiger partial charge is 0.478 e. The summed E-state index contributed by atoms with van der Waals surface area (Å²) in [5.41, 5.74) is 2.10. The van der Waals surface area contributed by atoms with Crippen molar-refractivity contribution < 1.29 is 19.1 Å². The van der Waals surface area contributed by atoms with Crippen LogP contribution >= 0.6 is 11.6 Å². The monoisotopic (exact) mass is 302 g/mol. The topological polar surface area (TPSA) is 67.9 Å². The van der Waals surface area contributed by atoms with E-state index in [4.69, 9.17) is 21.1 Å². The Hall–Kier alpha value is -1.69. The second-order valence-electron chi connectivity index (χ2n) is 5.05. The summed E-state index contributed by atoms with van der Waals surface area (Å²) in [7, 11) is 0. The summed E-state index contributed by atoms with van der Waals surface area (Å²) in [4.78, 5) is 22.8. The lowest BCUT2D eigenvalue weighted by molar-refractivity contribution is -0.105. The van der Waals surface area contributed by atoms with Crippen LogP contribution < -0.4 is 5.43 Å². The number of carbonyl (C=O) groups excluding carboxylic acids is 2. The number of nitrogens with zero attached hydrogens (tertiary/aromatic N) is 1. The fourth-order valence-electron chi connectivity index (χ4n) is 1.52. The molecular weight excluding hydrogens is 284 g/mol. The van der Waals surface area contributed by atoms with Crippen molar-refractivity contribution in [3.05, 3.63) is 22.6 Å². The van der Waals surface area contributed by atoms with Crippen molar-refractivity contribution in [1.29, 1.82) is 0 Å². The van der Waals surface area contributed by atoms with Gasteiger partial charge >= 0.3 is 6.09 Å². The zero-order chi connectivity index (χ0) is 15.3. The van der Waals surface area contributed by atoms with E-state index in [1.807, 2.05) is 0 Å². The average Bonchev–Trinajstić information content (AvgIpc) is 2.31. The fourth-order valence-corrected chi connectivity index (χ4v) is 1.71. The van der Waals surface area contributed by atoms with Crippen molar-refractivity contribution in [2.45, 2.75) is 33.3 Å². The van der Waals surface area contributed by atoms with Crippen molar-refractivity contribution in [2.75, 3.05) is 13.2 Å². The summed E-state index contributed by atoms with van der Waals surface area (Å²) in [6, 6.07) is 0. The van der Waals surface area contributed by atoms with Crippen molar-refractivity contribution in [3.63, 3.8) is 0 Å². The smallest absolute Gasteiger partial charge is 0.426 e. The van der Waals surface area contributed by atoms with E-state index in [0.29, 0.717) is 17.9 Å². The second kappa shape index (κ2) is 6.65. The molecule has 7 heteroatoms. The molecule has 1 N–H and O–H groups in total. The first kappa shape index (κ1) is 16.4. The minimum absolute atomic E-state index is 0.191. The third kappa shape index (κ3) is 4.45. The molecule has 0 bridgehead atoms. The van der Waals surface area contributed by atoms with Gasteiger partial charge in [0.2, 0.25) is 5.88 Å². The molecule has 0 aromatic rings. The molecule has 0 spiro atoms. The van der Waals surface area contributed by atoms with E-state index < -0.39 is 11.7 Å². The van der Waals surface area contributed by atoms with Crippen LogP contribution in [0.2, 0.25) is 0 Å². The number of rotatable bonds is 4. The van der Waals surface area contributed by atoms with Crippen LogP contribution in [0.4, 0.5) is 4.79 Å². The SMILES string of the molecule is CCOC1=C(C=O)C(Cl)=CCN1NC(=O)OC(C)(C)C. The predicted octanol–water partition coefficient (Wildman–Crippen LogP) is 2.31. The maximum absolute atomic E-state index is 11.8. The van der Waals surface area contributed by atoms with Gasteiger partial charge in [-0.1, -0.05) is 11.6 Å². The second-order valence-corrected chi connectivity index (χ2v) is 5.45. The minimum atomic E-state index is -0.633. The Morgan fingerprint density at radius 2 is 2.20 bits per heavy atom. The lowest BCUT2D eigenvalue weighted by Crippen LogP contribution is -2.46. The maximum atomic E-state index is 11.8. The molecule has 0 aromatic carbocycles. The number of hydrogen-bond acceptors (Lipinski definition) is 5. The quantitative estimate of drug-likeness (QED) is 0.807.